The minimum Gasteiger partial charge on any atom is -0.489 e. The Balaban J connectivity index is 1.79. The first-order valence-corrected chi connectivity index (χ1v) is 6.07. The maximum absolute atomic E-state index is 5.74. The molecule has 0 aliphatic rings. The van der Waals surface area contributed by atoms with Crippen LogP contribution in [0.4, 0.5) is 0 Å². The SMILES string of the molecule is c1ccc(OCc2ccc3ccccc3c2)cc1. The van der Waals surface area contributed by atoms with E-state index in [2.05, 4.69) is 42.5 Å². The van der Waals surface area contributed by atoms with E-state index in [0.29, 0.717) is 6.61 Å². The number of rotatable bonds is 3. The summed E-state index contributed by atoms with van der Waals surface area (Å²) >= 11 is 0. The molecule has 0 aromatic heterocycles. The van der Waals surface area contributed by atoms with Gasteiger partial charge in [0.05, 0.1) is 0 Å². The van der Waals surface area contributed by atoms with Gasteiger partial charge in [-0.2, -0.15) is 0 Å². The summed E-state index contributed by atoms with van der Waals surface area (Å²) in [6, 6.07) is 24.7. The predicted octanol–water partition coefficient (Wildman–Crippen LogP) is 4.42. The zero-order valence-corrected chi connectivity index (χ0v) is 10.0. The Labute approximate surface area is 107 Å². The fourth-order valence-electron chi connectivity index (χ4n) is 2.01. The van der Waals surface area contributed by atoms with Crippen LogP contribution in [-0.2, 0) is 6.61 Å². The molecule has 0 unspecified atom stereocenters. The highest BCUT2D eigenvalue weighted by Gasteiger charge is 1.97. The lowest BCUT2D eigenvalue weighted by atomic mass is 10.1. The Kier molecular flexibility index (Phi) is 2.97. The van der Waals surface area contributed by atoms with Crippen LogP contribution in [-0.4, -0.2) is 0 Å². The van der Waals surface area contributed by atoms with E-state index in [-0.39, 0.29) is 0 Å². The summed E-state index contributed by atoms with van der Waals surface area (Å²) in [6.45, 7) is 0.606. The fraction of sp³-hybridized carbons (Fsp3) is 0.0588. The van der Waals surface area contributed by atoms with Gasteiger partial charge in [0.1, 0.15) is 12.4 Å². The average molecular weight is 234 g/mol. The lowest BCUT2D eigenvalue weighted by Gasteiger charge is -2.07. The number of hydrogen-bond acceptors (Lipinski definition) is 1. The van der Waals surface area contributed by atoms with E-state index in [9.17, 15) is 0 Å². The van der Waals surface area contributed by atoms with Gasteiger partial charge in [-0.1, -0.05) is 54.6 Å². The largest absolute Gasteiger partial charge is 0.489 e. The van der Waals surface area contributed by atoms with Crippen molar-refractivity contribution in [1.82, 2.24) is 0 Å². The summed E-state index contributed by atoms with van der Waals surface area (Å²) in [5.41, 5.74) is 1.19. The first-order valence-electron chi connectivity index (χ1n) is 6.07. The van der Waals surface area contributed by atoms with Crippen LogP contribution in [0.5, 0.6) is 5.75 Å². The summed E-state index contributed by atoms with van der Waals surface area (Å²) in [7, 11) is 0. The summed E-state index contributed by atoms with van der Waals surface area (Å²) in [5.74, 6) is 0.908. The highest BCUT2D eigenvalue weighted by atomic mass is 16.5. The minimum absolute atomic E-state index is 0.606. The molecule has 0 amide bonds. The molecule has 0 fully saturated rings. The van der Waals surface area contributed by atoms with Gasteiger partial charge in [-0.3, -0.25) is 0 Å². The lowest BCUT2D eigenvalue weighted by molar-refractivity contribution is 0.306. The fourth-order valence-corrected chi connectivity index (χ4v) is 2.01. The van der Waals surface area contributed by atoms with Crippen molar-refractivity contribution < 1.29 is 4.74 Å². The molecular weight excluding hydrogens is 220 g/mol. The highest BCUT2D eigenvalue weighted by molar-refractivity contribution is 5.82. The normalized spacial score (nSPS) is 10.4. The molecule has 0 aliphatic heterocycles. The second-order valence-corrected chi connectivity index (χ2v) is 4.28. The van der Waals surface area contributed by atoms with E-state index >= 15 is 0 Å². The Morgan fingerprint density at radius 1 is 0.667 bits per heavy atom. The molecule has 3 rings (SSSR count). The number of benzene rings is 3. The van der Waals surface area contributed by atoms with Crippen molar-refractivity contribution in [3.63, 3.8) is 0 Å². The number of hydrogen-bond donors (Lipinski definition) is 0. The van der Waals surface area contributed by atoms with E-state index in [1.165, 1.54) is 16.3 Å². The lowest BCUT2D eigenvalue weighted by Crippen LogP contribution is -1.94. The summed E-state index contributed by atoms with van der Waals surface area (Å²) in [4.78, 5) is 0. The third-order valence-corrected chi connectivity index (χ3v) is 2.96. The zero-order valence-electron chi connectivity index (χ0n) is 10.0. The second kappa shape index (κ2) is 4.92. The van der Waals surface area contributed by atoms with Gasteiger partial charge in [0.25, 0.3) is 0 Å². The second-order valence-electron chi connectivity index (χ2n) is 4.28. The van der Waals surface area contributed by atoms with Crippen molar-refractivity contribution in [2.45, 2.75) is 6.61 Å². The van der Waals surface area contributed by atoms with E-state index in [1.54, 1.807) is 0 Å². The molecule has 0 radical (unpaired) electrons. The Morgan fingerprint density at radius 3 is 2.22 bits per heavy atom. The van der Waals surface area contributed by atoms with Gasteiger partial charge in [0.2, 0.25) is 0 Å². The van der Waals surface area contributed by atoms with Gasteiger partial charge < -0.3 is 4.74 Å². The van der Waals surface area contributed by atoms with Crippen molar-refractivity contribution in [1.29, 1.82) is 0 Å². The summed E-state index contributed by atoms with van der Waals surface area (Å²) in [5, 5.41) is 2.52. The molecule has 0 atom stereocenters. The number of para-hydroxylation sites is 1. The van der Waals surface area contributed by atoms with Crippen LogP contribution in [0.2, 0.25) is 0 Å². The maximum atomic E-state index is 5.74. The van der Waals surface area contributed by atoms with E-state index < -0.39 is 0 Å². The van der Waals surface area contributed by atoms with E-state index in [4.69, 9.17) is 4.74 Å². The molecule has 0 heterocycles. The Morgan fingerprint density at radius 2 is 1.39 bits per heavy atom. The van der Waals surface area contributed by atoms with E-state index in [1.807, 2.05) is 30.3 Å². The molecule has 3 aromatic rings. The monoisotopic (exact) mass is 234 g/mol. The zero-order chi connectivity index (χ0) is 12.2. The third kappa shape index (κ3) is 2.35. The quantitative estimate of drug-likeness (QED) is 0.652. The Bertz CT molecular complexity index is 644. The molecule has 0 spiro atoms. The Hall–Kier alpha value is -2.28. The standard InChI is InChI=1S/C17H14O/c1-2-8-17(9-3-1)18-13-14-10-11-15-6-4-5-7-16(15)12-14/h1-12H,13H2. The molecule has 0 aliphatic carbocycles. The summed E-state index contributed by atoms with van der Waals surface area (Å²) in [6.07, 6.45) is 0. The average Bonchev–Trinajstić information content (AvgIpc) is 2.46. The van der Waals surface area contributed by atoms with Crippen molar-refractivity contribution >= 4 is 10.8 Å². The minimum atomic E-state index is 0.606. The molecule has 18 heavy (non-hydrogen) atoms. The van der Waals surface area contributed by atoms with Crippen molar-refractivity contribution in [2.75, 3.05) is 0 Å². The van der Waals surface area contributed by atoms with Crippen LogP contribution in [0.15, 0.2) is 72.8 Å². The van der Waals surface area contributed by atoms with E-state index in [0.717, 1.165) is 5.75 Å². The van der Waals surface area contributed by atoms with Gasteiger partial charge in [-0.05, 0) is 34.5 Å². The first kappa shape index (κ1) is 10.8. The topological polar surface area (TPSA) is 9.23 Å². The van der Waals surface area contributed by atoms with Gasteiger partial charge in [0, 0.05) is 0 Å². The third-order valence-electron chi connectivity index (χ3n) is 2.96. The molecule has 0 saturated heterocycles. The van der Waals surface area contributed by atoms with Crippen LogP contribution in [0.1, 0.15) is 5.56 Å². The van der Waals surface area contributed by atoms with Crippen LogP contribution >= 0.6 is 0 Å². The molecule has 1 heteroatoms. The van der Waals surface area contributed by atoms with Crippen molar-refractivity contribution in [2.24, 2.45) is 0 Å². The molecule has 1 nitrogen and oxygen atoms in total. The molecule has 88 valence electrons. The van der Waals surface area contributed by atoms with Gasteiger partial charge in [-0.25, -0.2) is 0 Å². The first-order chi connectivity index (χ1) is 8.92. The summed E-state index contributed by atoms with van der Waals surface area (Å²) < 4.78 is 5.74. The molecule has 0 saturated carbocycles. The van der Waals surface area contributed by atoms with Gasteiger partial charge in [-0.15, -0.1) is 0 Å². The molecule has 3 aromatic carbocycles. The van der Waals surface area contributed by atoms with Gasteiger partial charge in [0.15, 0.2) is 0 Å². The van der Waals surface area contributed by atoms with Crippen LogP contribution in [0.3, 0.4) is 0 Å². The van der Waals surface area contributed by atoms with Crippen LogP contribution in [0.25, 0.3) is 10.8 Å². The molecule has 0 N–H and O–H groups in total. The number of fused-ring (bicyclic) bond motifs is 1. The number of ether oxygens (including phenoxy) is 1. The highest BCUT2D eigenvalue weighted by Crippen LogP contribution is 2.17. The van der Waals surface area contributed by atoms with Crippen LogP contribution < -0.4 is 4.74 Å². The smallest absolute Gasteiger partial charge is 0.119 e. The molecule has 0 bridgehead atoms. The maximum Gasteiger partial charge on any atom is 0.119 e. The van der Waals surface area contributed by atoms with Crippen molar-refractivity contribution in [3.05, 3.63) is 78.4 Å². The van der Waals surface area contributed by atoms with Crippen LogP contribution in [0, 0.1) is 0 Å². The van der Waals surface area contributed by atoms with Crippen molar-refractivity contribution in [3.8, 4) is 5.75 Å². The predicted molar refractivity (Wildman–Crippen MR) is 74.7 cm³/mol. The molecular formula is C17H14O. The van der Waals surface area contributed by atoms with Gasteiger partial charge >= 0.3 is 0 Å².